The molecule has 1 aromatic carbocycles. The number of rotatable bonds is 12. The van der Waals surface area contributed by atoms with Crippen LogP contribution in [0.5, 0.6) is 5.75 Å². The van der Waals surface area contributed by atoms with Crippen LogP contribution < -0.4 is 4.74 Å². The van der Waals surface area contributed by atoms with Crippen molar-refractivity contribution in [3.63, 3.8) is 0 Å². The van der Waals surface area contributed by atoms with Crippen molar-refractivity contribution >= 4 is 60.9 Å². The summed E-state index contributed by atoms with van der Waals surface area (Å²) in [6.07, 6.45) is 12.5. The van der Waals surface area contributed by atoms with Gasteiger partial charge in [-0.2, -0.15) is 11.8 Å². The van der Waals surface area contributed by atoms with E-state index in [2.05, 4.69) is 61.0 Å². The van der Waals surface area contributed by atoms with Crippen molar-refractivity contribution in [2.75, 3.05) is 5.75 Å². The normalized spacial score (nSPS) is 29.5. The summed E-state index contributed by atoms with van der Waals surface area (Å²) in [4.78, 5) is 11.4. The number of hydrogen-bond donors (Lipinski definition) is 0. The number of unbranched alkanes of at least 4 members (excludes halogenated alkanes) is 4. The van der Waals surface area contributed by atoms with E-state index >= 15 is 0 Å². The molecule has 31 heavy (non-hydrogen) atoms. The number of ether oxygens (including phenoxy) is 1. The first-order chi connectivity index (χ1) is 15.2. The first kappa shape index (κ1) is 24.6. The number of esters is 1. The summed E-state index contributed by atoms with van der Waals surface area (Å²) >= 11 is 2.26. The van der Waals surface area contributed by atoms with Crippen LogP contribution in [0.2, 0.25) is 0 Å². The van der Waals surface area contributed by atoms with E-state index < -0.39 is 0 Å². The summed E-state index contributed by atoms with van der Waals surface area (Å²) in [5.74, 6) is 1.88. The number of benzene rings is 1. The lowest BCUT2D eigenvalue weighted by atomic mass is 10.0. The molecule has 0 amide bonds. The molecule has 0 aromatic heterocycles. The monoisotopic (exact) mass is 514 g/mol. The minimum Gasteiger partial charge on any atom is -0.427 e. The van der Waals surface area contributed by atoms with E-state index in [0.717, 1.165) is 32.7 Å². The van der Waals surface area contributed by atoms with Crippen molar-refractivity contribution in [3.8, 4) is 5.75 Å². The van der Waals surface area contributed by atoms with Crippen molar-refractivity contribution < 1.29 is 9.53 Å². The van der Waals surface area contributed by atoms with Crippen LogP contribution in [-0.2, 0) is 11.2 Å². The zero-order valence-corrected chi connectivity index (χ0v) is 22.4. The van der Waals surface area contributed by atoms with Gasteiger partial charge in [-0.15, -0.1) is 0 Å². The molecule has 2 bridgehead atoms. The Morgan fingerprint density at radius 3 is 2.81 bits per heavy atom. The molecule has 3 aliphatic rings. The molecular weight excluding hydrogens is 481 g/mol. The zero-order chi connectivity index (χ0) is 21.5. The van der Waals surface area contributed by atoms with Crippen LogP contribution in [0, 0.1) is 0 Å². The molecule has 3 aliphatic heterocycles. The molecule has 2 nitrogen and oxygen atoms in total. The first-order valence-electron chi connectivity index (χ1n) is 11.8. The lowest BCUT2D eigenvalue weighted by molar-refractivity contribution is -0.134. The van der Waals surface area contributed by atoms with Crippen LogP contribution in [0.4, 0.5) is 0 Å². The molecule has 3 heterocycles. The van der Waals surface area contributed by atoms with Crippen LogP contribution in [0.25, 0.3) is 0 Å². The molecule has 5 unspecified atom stereocenters. The summed E-state index contributed by atoms with van der Waals surface area (Å²) in [5.41, 5.74) is 1.28. The zero-order valence-electron chi connectivity index (χ0n) is 18.3. The molecule has 1 aromatic rings. The molecule has 5 atom stereocenters. The van der Waals surface area contributed by atoms with E-state index in [0.29, 0.717) is 12.2 Å². The predicted molar refractivity (Wildman–Crippen MR) is 145 cm³/mol. The molecule has 172 valence electrons. The Morgan fingerprint density at radius 2 is 1.90 bits per heavy atom. The smallest absolute Gasteiger partial charge is 0.310 e. The highest BCUT2D eigenvalue weighted by Gasteiger charge is 2.43. The third-order valence-electron chi connectivity index (χ3n) is 6.20. The summed E-state index contributed by atoms with van der Waals surface area (Å²) in [6, 6.07) is 8.02. The topological polar surface area (TPSA) is 26.3 Å². The Labute approximate surface area is 208 Å². The van der Waals surface area contributed by atoms with Gasteiger partial charge in [0.1, 0.15) is 5.75 Å². The Hall–Kier alpha value is 0.440. The fraction of sp³-hybridized carbons (Fsp3) is 0.708. The van der Waals surface area contributed by atoms with E-state index in [1.54, 1.807) is 0 Å². The van der Waals surface area contributed by atoms with Gasteiger partial charge in [0.2, 0.25) is 0 Å². The standard InChI is InChI=1S/C24H34O2S5/c1-2-24(25)26-18-11-8-10-17(13-18)9-6-4-3-5-7-12-20-21(28-20)15-23-22-14-19(29-31-22)16-27-30-23/h8,10-11,13,19-23H,2-7,9,12,14-16H2,1H3. The van der Waals surface area contributed by atoms with Gasteiger partial charge in [-0.3, -0.25) is 4.79 Å². The third kappa shape index (κ3) is 8.01. The molecule has 3 fully saturated rings. The molecular formula is C24H34O2S5. The van der Waals surface area contributed by atoms with Gasteiger partial charge in [0, 0.05) is 38.4 Å². The highest BCUT2D eigenvalue weighted by Crippen LogP contribution is 2.57. The number of thioether (sulfide) groups is 1. The number of hydrogen-bond acceptors (Lipinski definition) is 7. The second-order valence-electron chi connectivity index (χ2n) is 8.74. The quantitative estimate of drug-likeness (QED) is 0.0915. The van der Waals surface area contributed by atoms with Crippen LogP contribution in [0.15, 0.2) is 24.3 Å². The first-order valence-corrected chi connectivity index (χ1v) is 17.4. The Morgan fingerprint density at radius 1 is 1.03 bits per heavy atom. The predicted octanol–water partition coefficient (Wildman–Crippen LogP) is 8.05. The Kier molecular flexibility index (Phi) is 10.1. The Bertz CT molecular complexity index is 715. The molecule has 7 heteroatoms. The molecule has 0 N–H and O–H groups in total. The third-order valence-corrected chi connectivity index (χ3v) is 14.5. The number of carbonyl (C=O) groups is 1. The van der Waals surface area contributed by atoms with E-state index in [4.69, 9.17) is 4.74 Å². The van der Waals surface area contributed by atoms with Gasteiger partial charge in [0.25, 0.3) is 0 Å². The van der Waals surface area contributed by atoms with Gasteiger partial charge in [0.05, 0.1) is 0 Å². The van der Waals surface area contributed by atoms with Crippen LogP contribution in [0.3, 0.4) is 0 Å². The van der Waals surface area contributed by atoms with E-state index in [9.17, 15) is 4.79 Å². The van der Waals surface area contributed by atoms with Gasteiger partial charge in [-0.1, -0.05) is 87.9 Å². The maximum Gasteiger partial charge on any atom is 0.310 e. The summed E-state index contributed by atoms with van der Waals surface area (Å²) in [5, 5.41) is 4.63. The summed E-state index contributed by atoms with van der Waals surface area (Å²) in [6.45, 7) is 1.83. The molecule has 4 rings (SSSR count). The van der Waals surface area contributed by atoms with Gasteiger partial charge in [-0.25, -0.2) is 0 Å². The average molecular weight is 515 g/mol. The number of aryl methyl sites for hydroxylation is 1. The molecule has 0 saturated carbocycles. The van der Waals surface area contributed by atoms with Gasteiger partial charge in [-0.05, 0) is 49.8 Å². The average Bonchev–Trinajstić information content (AvgIpc) is 3.39. The summed E-state index contributed by atoms with van der Waals surface area (Å²) in [7, 11) is 8.69. The van der Waals surface area contributed by atoms with E-state index in [-0.39, 0.29) is 5.97 Å². The highest BCUT2D eigenvalue weighted by molar-refractivity contribution is 8.80. The largest absolute Gasteiger partial charge is 0.427 e. The van der Waals surface area contributed by atoms with Gasteiger partial charge < -0.3 is 4.74 Å². The number of fused-ring (bicyclic) bond motifs is 2. The van der Waals surface area contributed by atoms with Gasteiger partial charge >= 0.3 is 5.97 Å². The lowest BCUT2D eigenvalue weighted by Gasteiger charge is -2.19. The Balaban J connectivity index is 1.03. The molecule has 0 spiro atoms. The second kappa shape index (κ2) is 12.8. The molecule has 0 radical (unpaired) electrons. The highest BCUT2D eigenvalue weighted by atomic mass is 33.1. The van der Waals surface area contributed by atoms with Crippen molar-refractivity contribution in [1.29, 1.82) is 0 Å². The van der Waals surface area contributed by atoms with Crippen LogP contribution in [0.1, 0.15) is 70.3 Å². The minimum absolute atomic E-state index is 0.162. The summed E-state index contributed by atoms with van der Waals surface area (Å²) < 4.78 is 5.32. The minimum atomic E-state index is -0.162. The van der Waals surface area contributed by atoms with Crippen molar-refractivity contribution in [2.45, 2.75) is 97.4 Å². The van der Waals surface area contributed by atoms with Crippen molar-refractivity contribution in [1.82, 2.24) is 0 Å². The van der Waals surface area contributed by atoms with Crippen LogP contribution in [-0.4, -0.2) is 38.0 Å². The number of carbonyl (C=O) groups excluding carboxylic acids is 1. The van der Waals surface area contributed by atoms with E-state index in [1.165, 1.54) is 62.7 Å². The SMILES string of the molecule is CCC(=O)Oc1cccc(CCCCCCCC2SC2CC2SSCC3CC2SS3)c1. The van der Waals surface area contributed by atoms with Gasteiger partial charge in [0.15, 0.2) is 0 Å². The molecule has 0 aliphatic carbocycles. The van der Waals surface area contributed by atoms with Crippen molar-refractivity contribution in [2.24, 2.45) is 0 Å². The fourth-order valence-electron chi connectivity index (χ4n) is 4.30. The van der Waals surface area contributed by atoms with Crippen molar-refractivity contribution in [3.05, 3.63) is 29.8 Å². The van der Waals surface area contributed by atoms with E-state index in [1.807, 2.05) is 25.1 Å². The van der Waals surface area contributed by atoms with Crippen LogP contribution >= 0.6 is 54.9 Å². The second-order valence-corrected chi connectivity index (χ2v) is 15.7. The molecule has 3 saturated heterocycles. The maximum atomic E-state index is 11.4. The maximum absolute atomic E-state index is 11.4. The fourth-order valence-corrected chi connectivity index (χ4v) is 13.6. The lowest BCUT2D eigenvalue weighted by Crippen LogP contribution is -2.19.